The number of hydrogen-bond acceptors (Lipinski definition) is 4. The summed E-state index contributed by atoms with van der Waals surface area (Å²) >= 11 is 0. The second-order valence-corrected chi connectivity index (χ2v) is 8.72. The van der Waals surface area contributed by atoms with E-state index in [0.717, 1.165) is 0 Å². The quantitative estimate of drug-likeness (QED) is 0.151. The van der Waals surface area contributed by atoms with Crippen LogP contribution in [-0.4, -0.2) is 10.2 Å². The highest BCUT2D eigenvalue weighted by Gasteiger charge is 2.54. The van der Waals surface area contributed by atoms with Gasteiger partial charge in [0.1, 0.15) is 16.8 Å². The molecule has 4 nitrogen and oxygen atoms in total. The summed E-state index contributed by atoms with van der Waals surface area (Å²) < 4.78 is 176. The molecule has 0 bridgehead atoms. The second kappa shape index (κ2) is 9.52. The van der Waals surface area contributed by atoms with Gasteiger partial charge < -0.3 is 9.15 Å². The average molecular weight is 610 g/mol. The van der Waals surface area contributed by atoms with Gasteiger partial charge in [0, 0.05) is 10.8 Å². The molecular weight excluding hydrogens is 600 g/mol. The molecule has 0 aliphatic rings. The molecule has 0 aliphatic heterocycles. The lowest BCUT2D eigenvalue weighted by Gasteiger charge is -2.26. The van der Waals surface area contributed by atoms with E-state index >= 15 is 0 Å². The van der Waals surface area contributed by atoms with Crippen molar-refractivity contribution in [2.45, 2.75) is 24.7 Å². The predicted octanol–water partition coefficient (Wildman–Crippen LogP) is 9.91. The van der Waals surface area contributed by atoms with Gasteiger partial charge in [-0.2, -0.15) is 52.7 Å². The summed E-state index contributed by atoms with van der Waals surface area (Å²) in [6.45, 7) is 0. The minimum atomic E-state index is -6.27. The highest BCUT2D eigenvalue weighted by molar-refractivity contribution is 6.05. The molecule has 0 N–H and O–H groups in total. The molecule has 0 aliphatic carbocycles. The summed E-state index contributed by atoms with van der Waals surface area (Å²) in [5, 5.41) is 7.52. The van der Waals surface area contributed by atoms with E-state index in [9.17, 15) is 52.7 Å². The first kappa shape index (κ1) is 29.0. The van der Waals surface area contributed by atoms with Crippen molar-refractivity contribution in [3.05, 3.63) is 83.1 Å². The van der Waals surface area contributed by atoms with Crippen LogP contribution < -0.4 is 4.74 Å². The van der Waals surface area contributed by atoms with Crippen molar-refractivity contribution in [2.24, 2.45) is 0 Å². The van der Waals surface area contributed by atoms with Crippen molar-refractivity contribution in [2.75, 3.05) is 0 Å². The molecule has 5 rings (SSSR count). The van der Waals surface area contributed by atoms with Crippen molar-refractivity contribution in [3.8, 4) is 23.1 Å². The Balaban J connectivity index is 1.92. The zero-order valence-electron chi connectivity index (χ0n) is 20.0. The molecule has 0 unspecified atom stereocenters. The minimum absolute atomic E-state index is 0.0275. The van der Waals surface area contributed by atoms with Crippen molar-refractivity contribution in [1.82, 2.24) is 10.2 Å². The van der Waals surface area contributed by atoms with Gasteiger partial charge in [0.05, 0.1) is 17.4 Å². The topological polar surface area (TPSA) is 48.2 Å². The Kier molecular flexibility index (Phi) is 6.58. The molecule has 0 amide bonds. The van der Waals surface area contributed by atoms with Crippen LogP contribution >= 0.6 is 0 Å². The highest BCUT2D eigenvalue weighted by Crippen LogP contribution is 2.55. The number of furan rings is 1. The number of benzene rings is 3. The number of alkyl halides is 12. The SMILES string of the molecule is FC(F)(F)c1cc(C(F)(F)F)c(C(F)(F)F)c(Oc2nnc(-c3ccco3)c3cc4ccccc4cc23)c1C(F)(F)F. The van der Waals surface area contributed by atoms with Gasteiger partial charge in [0.25, 0.3) is 0 Å². The van der Waals surface area contributed by atoms with Crippen molar-refractivity contribution < 1.29 is 61.8 Å². The predicted molar refractivity (Wildman–Crippen MR) is 121 cm³/mol. The fraction of sp³-hybridized carbons (Fsp3) is 0.154. The number of fused-ring (bicyclic) bond motifs is 2. The standard InChI is InChI=1S/C26H10F12N2O2/c27-23(28,29)15-10-16(24(30,31)32)19(26(36,37)38)21(18(15)25(33,34)35)42-22-14-9-12-5-2-1-4-11(12)8-13(14)20(39-40-22)17-6-3-7-41-17/h1-10H. The van der Waals surface area contributed by atoms with Gasteiger partial charge in [0.2, 0.25) is 5.88 Å². The number of aromatic nitrogens is 2. The number of halogens is 12. The van der Waals surface area contributed by atoms with Crippen LogP contribution in [0, 0.1) is 0 Å². The molecule has 2 heterocycles. The van der Waals surface area contributed by atoms with Gasteiger partial charge in [-0.3, -0.25) is 0 Å². The lowest BCUT2D eigenvalue weighted by atomic mass is 9.94. The minimum Gasteiger partial charge on any atom is -0.463 e. The second-order valence-electron chi connectivity index (χ2n) is 8.72. The Morgan fingerprint density at radius 3 is 1.55 bits per heavy atom. The fourth-order valence-electron chi connectivity index (χ4n) is 4.35. The summed E-state index contributed by atoms with van der Waals surface area (Å²) in [6.07, 6.45) is -23.7. The van der Waals surface area contributed by atoms with E-state index in [-0.39, 0.29) is 22.2 Å². The Labute approximate surface area is 225 Å². The van der Waals surface area contributed by atoms with Crippen LogP contribution in [0.15, 0.2) is 65.3 Å². The Morgan fingerprint density at radius 1 is 0.571 bits per heavy atom. The van der Waals surface area contributed by atoms with Crippen LogP contribution in [0.4, 0.5) is 52.7 Å². The van der Waals surface area contributed by atoms with E-state index < -0.39 is 64.7 Å². The molecule has 3 aromatic carbocycles. The lowest BCUT2D eigenvalue weighted by molar-refractivity contribution is -0.172. The Morgan fingerprint density at radius 2 is 1.10 bits per heavy atom. The third-order valence-electron chi connectivity index (χ3n) is 6.02. The first-order valence-corrected chi connectivity index (χ1v) is 11.3. The van der Waals surface area contributed by atoms with Crippen LogP contribution in [0.3, 0.4) is 0 Å². The Bertz CT molecular complexity index is 1750. The molecule has 0 fully saturated rings. The molecule has 16 heteroatoms. The van der Waals surface area contributed by atoms with E-state index in [1.54, 1.807) is 12.1 Å². The van der Waals surface area contributed by atoms with Gasteiger partial charge in [-0.05, 0) is 41.1 Å². The van der Waals surface area contributed by atoms with Crippen LogP contribution in [0.5, 0.6) is 11.6 Å². The van der Waals surface area contributed by atoms with Crippen molar-refractivity contribution >= 4 is 21.5 Å². The van der Waals surface area contributed by atoms with E-state index in [1.165, 1.54) is 42.7 Å². The van der Waals surface area contributed by atoms with Crippen LogP contribution in [0.2, 0.25) is 0 Å². The van der Waals surface area contributed by atoms with Crippen LogP contribution in [0.1, 0.15) is 22.3 Å². The molecule has 5 aromatic rings. The van der Waals surface area contributed by atoms with Gasteiger partial charge in [0.15, 0.2) is 11.5 Å². The largest absolute Gasteiger partial charge is 0.463 e. The lowest BCUT2D eigenvalue weighted by Crippen LogP contribution is -2.25. The van der Waals surface area contributed by atoms with Crippen LogP contribution in [0.25, 0.3) is 33.0 Å². The van der Waals surface area contributed by atoms with Crippen molar-refractivity contribution in [3.63, 3.8) is 0 Å². The summed E-state index contributed by atoms with van der Waals surface area (Å²) in [4.78, 5) is 0. The molecule has 0 saturated carbocycles. The zero-order valence-corrected chi connectivity index (χ0v) is 20.0. The fourth-order valence-corrected chi connectivity index (χ4v) is 4.35. The van der Waals surface area contributed by atoms with E-state index in [0.29, 0.717) is 10.8 Å². The zero-order chi connectivity index (χ0) is 30.8. The molecule has 0 saturated heterocycles. The number of nitrogens with zero attached hydrogens (tertiary/aromatic N) is 2. The van der Waals surface area contributed by atoms with Gasteiger partial charge >= 0.3 is 24.7 Å². The third-order valence-corrected chi connectivity index (χ3v) is 6.02. The third kappa shape index (κ3) is 5.16. The molecule has 0 spiro atoms. The monoisotopic (exact) mass is 610 g/mol. The normalized spacial score (nSPS) is 13.2. The van der Waals surface area contributed by atoms with E-state index in [4.69, 9.17) is 9.15 Å². The summed E-state index contributed by atoms with van der Waals surface area (Å²) in [7, 11) is 0. The molecular formula is C26H10F12N2O2. The van der Waals surface area contributed by atoms with Gasteiger partial charge in [-0.15, -0.1) is 10.2 Å². The van der Waals surface area contributed by atoms with E-state index in [2.05, 4.69) is 10.2 Å². The maximum absolute atomic E-state index is 14.0. The summed E-state index contributed by atoms with van der Waals surface area (Å²) in [6, 6.07) is 10.3. The number of rotatable bonds is 3. The Hall–Kier alpha value is -4.50. The highest BCUT2D eigenvalue weighted by atomic mass is 19.4. The summed E-state index contributed by atoms with van der Waals surface area (Å²) in [5.41, 5.74) is -12.4. The van der Waals surface area contributed by atoms with Gasteiger partial charge in [-0.1, -0.05) is 24.3 Å². The average Bonchev–Trinajstić information content (AvgIpc) is 3.39. The molecule has 220 valence electrons. The smallest absolute Gasteiger partial charge is 0.420 e. The van der Waals surface area contributed by atoms with E-state index in [1.807, 2.05) is 0 Å². The molecule has 0 radical (unpaired) electrons. The number of hydrogen-bond donors (Lipinski definition) is 0. The summed E-state index contributed by atoms with van der Waals surface area (Å²) in [5.74, 6) is -3.99. The van der Waals surface area contributed by atoms with Gasteiger partial charge in [-0.25, -0.2) is 0 Å². The molecule has 42 heavy (non-hydrogen) atoms. The number of ether oxygens (including phenoxy) is 1. The maximum atomic E-state index is 14.0. The van der Waals surface area contributed by atoms with Crippen LogP contribution in [-0.2, 0) is 24.7 Å². The molecule has 0 atom stereocenters. The molecule has 2 aromatic heterocycles. The first-order valence-electron chi connectivity index (χ1n) is 11.3. The maximum Gasteiger partial charge on any atom is 0.420 e. The first-order chi connectivity index (χ1) is 19.4. The van der Waals surface area contributed by atoms with Crippen molar-refractivity contribution in [1.29, 1.82) is 0 Å².